The summed E-state index contributed by atoms with van der Waals surface area (Å²) < 4.78 is 0. The van der Waals surface area contributed by atoms with Gasteiger partial charge in [0.05, 0.1) is 0 Å². The van der Waals surface area contributed by atoms with Crippen molar-refractivity contribution in [1.29, 1.82) is 0 Å². The number of unbranched alkanes of at least 4 members (excludes halogenated alkanes) is 1. The van der Waals surface area contributed by atoms with Gasteiger partial charge in [0, 0.05) is 0 Å². The van der Waals surface area contributed by atoms with Crippen molar-refractivity contribution >= 4 is 0 Å². The molecule has 2 atom stereocenters. The molecule has 0 aromatic carbocycles. The predicted molar refractivity (Wildman–Crippen MR) is 52.6 cm³/mol. The van der Waals surface area contributed by atoms with E-state index in [1.807, 2.05) is 6.08 Å². The molecule has 0 fully saturated rings. The Hall–Kier alpha value is -0.520. The molecule has 0 aliphatic carbocycles. The van der Waals surface area contributed by atoms with Crippen LogP contribution in [0.25, 0.3) is 0 Å². The van der Waals surface area contributed by atoms with Crippen molar-refractivity contribution in [3.8, 4) is 0 Å². The zero-order valence-corrected chi connectivity index (χ0v) is 8.01. The molecule has 0 heterocycles. The summed E-state index contributed by atoms with van der Waals surface area (Å²) in [4.78, 5) is 0. The van der Waals surface area contributed by atoms with Gasteiger partial charge in [-0.1, -0.05) is 45.4 Å². The van der Waals surface area contributed by atoms with E-state index in [1.165, 1.54) is 12.8 Å². The van der Waals surface area contributed by atoms with E-state index in [9.17, 15) is 0 Å². The van der Waals surface area contributed by atoms with Crippen molar-refractivity contribution in [2.45, 2.75) is 33.6 Å². The van der Waals surface area contributed by atoms with E-state index in [-0.39, 0.29) is 0 Å². The molecule has 0 aromatic rings. The Morgan fingerprint density at radius 3 is 2.36 bits per heavy atom. The van der Waals surface area contributed by atoms with Crippen LogP contribution in [0.2, 0.25) is 0 Å². The molecule has 0 saturated carbocycles. The van der Waals surface area contributed by atoms with Crippen LogP contribution in [-0.4, -0.2) is 0 Å². The van der Waals surface area contributed by atoms with Gasteiger partial charge in [-0.05, 0) is 18.3 Å². The lowest BCUT2D eigenvalue weighted by atomic mass is 9.95. The summed E-state index contributed by atoms with van der Waals surface area (Å²) in [6, 6.07) is 0. The van der Waals surface area contributed by atoms with Crippen LogP contribution in [-0.2, 0) is 0 Å². The van der Waals surface area contributed by atoms with Crippen molar-refractivity contribution < 1.29 is 0 Å². The molecular formula is C11H20. The van der Waals surface area contributed by atoms with E-state index in [4.69, 9.17) is 0 Å². The van der Waals surface area contributed by atoms with Gasteiger partial charge in [-0.15, -0.1) is 6.58 Å². The highest BCUT2D eigenvalue weighted by molar-refractivity contribution is 4.93. The zero-order valence-electron chi connectivity index (χ0n) is 8.01. The van der Waals surface area contributed by atoms with E-state index >= 15 is 0 Å². The number of allylic oxidation sites excluding steroid dienone is 3. The van der Waals surface area contributed by atoms with Gasteiger partial charge < -0.3 is 0 Å². The maximum atomic E-state index is 3.78. The molecule has 0 spiro atoms. The van der Waals surface area contributed by atoms with Crippen molar-refractivity contribution in [1.82, 2.24) is 0 Å². The molecule has 0 aromatic heterocycles. The average Bonchev–Trinajstić information content (AvgIpc) is 2.03. The highest BCUT2D eigenvalue weighted by atomic mass is 14.1. The van der Waals surface area contributed by atoms with E-state index in [0.717, 1.165) is 0 Å². The van der Waals surface area contributed by atoms with E-state index in [2.05, 4.69) is 39.5 Å². The monoisotopic (exact) mass is 152 g/mol. The van der Waals surface area contributed by atoms with Crippen molar-refractivity contribution in [3.05, 3.63) is 24.8 Å². The predicted octanol–water partition coefficient (Wildman–Crippen LogP) is 3.80. The second-order valence-electron chi connectivity index (χ2n) is 3.17. The second-order valence-corrected chi connectivity index (χ2v) is 3.17. The van der Waals surface area contributed by atoms with Crippen molar-refractivity contribution in [2.75, 3.05) is 0 Å². The van der Waals surface area contributed by atoms with Crippen LogP contribution >= 0.6 is 0 Å². The molecule has 0 amide bonds. The van der Waals surface area contributed by atoms with Gasteiger partial charge in [0.15, 0.2) is 0 Å². The smallest absolute Gasteiger partial charge is 0.0202 e. The van der Waals surface area contributed by atoms with Crippen LogP contribution < -0.4 is 0 Å². The molecule has 0 aliphatic heterocycles. The Kier molecular flexibility index (Phi) is 5.91. The summed E-state index contributed by atoms with van der Waals surface area (Å²) in [6.07, 6.45) is 9.02. The Morgan fingerprint density at radius 2 is 1.91 bits per heavy atom. The fourth-order valence-electron chi connectivity index (χ4n) is 0.867. The lowest BCUT2D eigenvalue weighted by molar-refractivity contribution is 0.557. The molecule has 0 heteroatoms. The van der Waals surface area contributed by atoms with E-state index < -0.39 is 0 Å². The first-order valence-corrected chi connectivity index (χ1v) is 4.51. The van der Waals surface area contributed by atoms with Gasteiger partial charge in [-0.25, -0.2) is 0 Å². The number of hydrogen-bond acceptors (Lipinski definition) is 0. The Labute approximate surface area is 71.0 Å². The largest absolute Gasteiger partial charge is 0.103 e. The standard InChI is InChI=1S/C11H20/c1-5-7-8-9-11(4)10(3)6-2/h6,8-11H,2,5,7H2,1,3-4H3. The third kappa shape index (κ3) is 4.83. The first-order valence-electron chi connectivity index (χ1n) is 4.51. The minimum absolute atomic E-state index is 0.600. The van der Waals surface area contributed by atoms with Crippen LogP contribution in [0.15, 0.2) is 24.8 Å². The maximum Gasteiger partial charge on any atom is -0.0202 e. The summed E-state index contributed by atoms with van der Waals surface area (Å²) in [5, 5.41) is 0. The van der Waals surface area contributed by atoms with Gasteiger partial charge in [-0.2, -0.15) is 0 Å². The highest BCUT2D eigenvalue weighted by Gasteiger charge is 2.02. The van der Waals surface area contributed by atoms with Crippen molar-refractivity contribution in [3.63, 3.8) is 0 Å². The van der Waals surface area contributed by atoms with Crippen molar-refractivity contribution in [2.24, 2.45) is 11.8 Å². The normalized spacial score (nSPS) is 16.6. The molecule has 0 saturated heterocycles. The zero-order chi connectivity index (χ0) is 8.69. The molecule has 11 heavy (non-hydrogen) atoms. The summed E-state index contributed by atoms with van der Waals surface area (Å²) in [5.41, 5.74) is 0. The second kappa shape index (κ2) is 6.21. The van der Waals surface area contributed by atoms with E-state index in [0.29, 0.717) is 11.8 Å². The summed E-state index contributed by atoms with van der Waals surface area (Å²) in [7, 11) is 0. The lowest BCUT2D eigenvalue weighted by Crippen LogP contribution is -2.00. The quantitative estimate of drug-likeness (QED) is 0.526. The summed E-state index contributed by atoms with van der Waals surface area (Å²) >= 11 is 0. The maximum absolute atomic E-state index is 3.78. The minimum atomic E-state index is 0.600. The molecule has 2 unspecified atom stereocenters. The lowest BCUT2D eigenvalue weighted by Gasteiger charge is -2.10. The van der Waals surface area contributed by atoms with Crippen LogP contribution in [0.3, 0.4) is 0 Å². The Bertz CT molecular complexity index is 122. The number of hydrogen-bond donors (Lipinski definition) is 0. The molecule has 0 rings (SSSR count). The molecule has 64 valence electrons. The summed E-state index contributed by atoms with van der Waals surface area (Å²) in [5.74, 6) is 1.24. The minimum Gasteiger partial charge on any atom is -0.103 e. The molecule has 0 N–H and O–H groups in total. The van der Waals surface area contributed by atoms with Gasteiger partial charge in [-0.3, -0.25) is 0 Å². The highest BCUT2D eigenvalue weighted by Crippen LogP contribution is 2.13. The molecule has 0 bridgehead atoms. The fraction of sp³-hybridized carbons (Fsp3) is 0.636. The Morgan fingerprint density at radius 1 is 1.27 bits per heavy atom. The van der Waals surface area contributed by atoms with Gasteiger partial charge in [0.2, 0.25) is 0 Å². The van der Waals surface area contributed by atoms with Crippen LogP contribution in [0.4, 0.5) is 0 Å². The molecular weight excluding hydrogens is 132 g/mol. The van der Waals surface area contributed by atoms with Gasteiger partial charge in [0.25, 0.3) is 0 Å². The van der Waals surface area contributed by atoms with Crippen LogP contribution in [0, 0.1) is 11.8 Å². The third-order valence-electron chi connectivity index (χ3n) is 2.10. The fourth-order valence-corrected chi connectivity index (χ4v) is 0.867. The topological polar surface area (TPSA) is 0 Å². The van der Waals surface area contributed by atoms with Gasteiger partial charge in [0.1, 0.15) is 0 Å². The van der Waals surface area contributed by atoms with Gasteiger partial charge >= 0.3 is 0 Å². The first kappa shape index (κ1) is 10.5. The van der Waals surface area contributed by atoms with Crippen LogP contribution in [0.1, 0.15) is 33.6 Å². The molecule has 0 radical (unpaired) electrons. The molecule has 0 nitrogen and oxygen atoms in total. The van der Waals surface area contributed by atoms with E-state index in [1.54, 1.807) is 0 Å². The molecule has 0 aliphatic rings. The Balaban J connectivity index is 3.65. The SMILES string of the molecule is C=CC(C)C(C)C=CCCC. The first-order chi connectivity index (χ1) is 5.22. The third-order valence-corrected chi connectivity index (χ3v) is 2.10. The number of rotatable bonds is 5. The van der Waals surface area contributed by atoms with Crippen LogP contribution in [0.5, 0.6) is 0 Å². The summed E-state index contributed by atoms with van der Waals surface area (Å²) in [6.45, 7) is 10.4. The average molecular weight is 152 g/mol.